The fourth-order valence-corrected chi connectivity index (χ4v) is 4.47. The van der Waals surface area contributed by atoms with E-state index in [1.807, 2.05) is 0 Å². The van der Waals surface area contributed by atoms with Crippen molar-refractivity contribution in [1.82, 2.24) is 0 Å². The van der Waals surface area contributed by atoms with Crippen molar-refractivity contribution in [2.75, 3.05) is 4.90 Å². The lowest BCUT2D eigenvalue weighted by atomic mass is 9.97. The number of hydrogen-bond donors (Lipinski definition) is 0. The summed E-state index contributed by atoms with van der Waals surface area (Å²) in [7, 11) is 0. The Morgan fingerprint density at radius 1 is 0.500 bits per heavy atom. The third kappa shape index (κ3) is 9.37. The fourth-order valence-electron chi connectivity index (χ4n) is 4.47. The van der Waals surface area contributed by atoms with Gasteiger partial charge in [-0.25, -0.2) is 0 Å². The molecule has 0 N–H and O–H groups in total. The highest BCUT2D eigenvalue weighted by molar-refractivity contribution is 5.64. The summed E-state index contributed by atoms with van der Waals surface area (Å²) in [5.41, 5.74) is 2.68. The third-order valence-electron chi connectivity index (χ3n) is 6.22. The summed E-state index contributed by atoms with van der Waals surface area (Å²) < 4.78 is 0. The van der Waals surface area contributed by atoms with E-state index in [0.717, 1.165) is 0 Å². The maximum atomic E-state index is 2.62. The Hall–Kier alpha value is -1.76. The number of hydrogen-bond acceptors (Lipinski definition) is 1. The standard InChI is InChI=1S/C29H45N/c1-3-5-7-9-10-12-16-22-27(21-15-11-8-6-4-2)30(28-23-17-13-18-24-28)29-25-19-14-20-26-29/h13-14,17-20,23-27H,3-12,15-16,21-22H2,1-2H3. The van der Waals surface area contributed by atoms with Gasteiger partial charge < -0.3 is 4.90 Å². The Kier molecular flexibility index (Phi) is 13.1. The second-order valence-corrected chi connectivity index (χ2v) is 8.81. The lowest BCUT2D eigenvalue weighted by Crippen LogP contribution is -2.31. The van der Waals surface area contributed by atoms with Crippen LogP contribution in [0.4, 0.5) is 11.4 Å². The van der Waals surface area contributed by atoms with Gasteiger partial charge >= 0.3 is 0 Å². The van der Waals surface area contributed by atoms with Crippen LogP contribution in [0.5, 0.6) is 0 Å². The van der Waals surface area contributed by atoms with E-state index in [9.17, 15) is 0 Å². The van der Waals surface area contributed by atoms with Gasteiger partial charge in [-0.3, -0.25) is 0 Å². The highest BCUT2D eigenvalue weighted by atomic mass is 15.2. The molecule has 2 rings (SSSR count). The van der Waals surface area contributed by atoms with Crippen molar-refractivity contribution >= 4 is 11.4 Å². The van der Waals surface area contributed by atoms with Crippen LogP contribution in [0.1, 0.15) is 104 Å². The van der Waals surface area contributed by atoms with E-state index >= 15 is 0 Å². The Labute approximate surface area is 186 Å². The molecule has 166 valence electrons. The summed E-state index contributed by atoms with van der Waals surface area (Å²) in [6.45, 7) is 4.60. The van der Waals surface area contributed by atoms with E-state index in [1.165, 1.54) is 101 Å². The second-order valence-electron chi connectivity index (χ2n) is 8.81. The molecule has 2 aromatic rings. The van der Waals surface area contributed by atoms with Gasteiger partial charge in [-0.1, -0.05) is 127 Å². The lowest BCUT2D eigenvalue weighted by Gasteiger charge is -2.34. The van der Waals surface area contributed by atoms with Crippen molar-refractivity contribution in [3.05, 3.63) is 60.7 Å². The van der Waals surface area contributed by atoms with Crippen LogP contribution in [-0.2, 0) is 0 Å². The quantitative estimate of drug-likeness (QED) is 0.236. The first kappa shape index (κ1) is 24.5. The predicted octanol–water partition coefficient (Wildman–Crippen LogP) is 9.69. The Bertz CT molecular complexity index is 582. The molecule has 0 radical (unpaired) electrons. The molecule has 0 saturated heterocycles. The Morgan fingerprint density at radius 2 is 0.867 bits per heavy atom. The zero-order valence-corrected chi connectivity index (χ0v) is 19.7. The summed E-state index contributed by atoms with van der Waals surface area (Å²) in [6.07, 6.45) is 19.1. The molecule has 0 aliphatic rings. The van der Waals surface area contributed by atoms with Gasteiger partial charge in [0.25, 0.3) is 0 Å². The predicted molar refractivity (Wildman–Crippen MR) is 135 cm³/mol. The highest BCUT2D eigenvalue weighted by Crippen LogP contribution is 2.32. The SMILES string of the molecule is CCCCCCCCCC(CCCCCCC)N(c1ccccc1)c1ccccc1. The summed E-state index contributed by atoms with van der Waals surface area (Å²) in [5.74, 6) is 0. The Morgan fingerprint density at radius 3 is 1.27 bits per heavy atom. The van der Waals surface area contributed by atoms with Crippen molar-refractivity contribution in [3.63, 3.8) is 0 Å². The zero-order valence-electron chi connectivity index (χ0n) is 19.7. The fraction of sp³-hybridized carbons (Fsp3) is 0.586. The molecule has 0 aliphatic carbocycles. The van der Waals surface area contributed by atoms with Gasteiger partial charge in [0.1, 0.15) is 0 Å². The van der Waals surface area contributed by atoms with Crippen molar-refractivity contribution in [1.29, 1.82) is 0 Å². The van der Waals surface area contributed by atoms with Crippen LogP contribution >= 0.6 is 0 Å². The molecule has 1 nitrogen and oxygen atoms in total. The second kappa shape index (κ2) is 16.0. The van der Waals surface area contributed by atoms with Crippen LogP contribution in [0.2, 0.25) is 0 Å². The summed E-state index contributed by atoms with van der Waals surface area (Å²) in [6, 6.07) is 22.7. The van der Waals surface area contributed by atoms with Crippen LogP contribution in [-0.4, -0.2) is 6.04 Å². The van der Waals surface area contributed by atoms with Crippen LogP contribution in [0.25, 0.3) is 0 Å². The van der Waals surface area contributed by atoms with Crippen molar-refractivity contribution in [3.8, 4) is 0 Å². The van der Waals surface area contributed by atoms with Crippen molar-refractivity contribution in [2.45, 2.75) is 110 Å². The van der Waals surface area contributed by atoms with Gasteiger partial charge in [0.15, 0.2) is 0 Å². The van der Waals surface area contributed by atoms with E-state index in [1.54, 1.807) is 0 Å². The number of unbranched alkanes of at least 4 members (excludes halogenated alkanes) is 10. The van der Waals surface area contributed by atoms with Gasteiger partial charge in [0.05, 0.1) is 0 Å². The smallest absolute Gasteiger partial charge is 0.0413 e. The molecule has 30 heavy (non-hydrogen) atoms. The monoisotopic (exact) mass is 407 g/mol. The van der Waals surface area contributed by atoms with Gasteiger partial charge in [-0.2, -0.15) is 0 Å². The van der Waals surface area contributed by atoms with Gasteiger partial charge in [-0.15, -0.1) is 0 Å². The van der Waals surface area contributed by atoms with E-state index in [4.69, 9.17) is 0 Å². The number of nitrogens with zero attached hydrogens (tertiary/aromatic N) is 1. The molecule has 2 aromatic carbocycles. The largest absolute Gasteiger partial charge is 0.338 e. The van der Waals surface area contributed by atoms with Crippen molar-refractivity contribution < 1.29 is 0 Å². The first-order valence-electron chi connectivity index (χ1n) is 12.8. The summed E-state index contributed by atoms with van der Waals surface area (Å²) in [5, 5.41) is 0. The minimum Gasteiger partial charge on any atom is -0.338 e. The van der Waals surface area contributed by atoms with Crippen LogP contribution < -0.4 is 4.90 Å². The van der Waals surface area contributed by atoms with Crippen LogP contribution in [0.15, 0.2) is 60.7 Å². The molecule has 1 unspecified atom stereocenters. The Balaban J connectivity index is 2.03. The average molecular weight is 408 g/mol. The first-order chi connectivity index (χ1) is 14.9. The first-order valence-corrected chi connectivity index (χ1v) is 12.8. The molecular formula is C29H45N. The molecule has 1 heteroatoms. The lowest BCUT2D eigenvalue weighted by molar-refractivity contribution is 0.478. The van der Waals surface area contributed by atoms with Crippen molar-refractivity contribution in [2.24, 2.45) is 0 Å². The molecule has 0 bridgehead atoms. The highest BCUT2D eigenvalue weighted by Gasteiger charge is 2.20. The topological polar surface area (TPSA) is 3.24 Å². The molecule has 0 amide bonds. The van der Waals surface area contributed by atoms with Crippen LogP contribution in [0.3, 0.4) is 0 Å². The van der Waals surface area contributed by atoms with E-state index in [2.05, 4.69) is 79.4 Å². The van der Waals surface area contributed by atoms with E-state index in [0.29, 0.717) is 6.04 Å². The molecule has 0 aliphatic heterocycles. The van der Waals surface area contributed by atoms with Gasteiger partial charge in [0.2, 0.25) is 0 Å². The molecule has 1 atom stereocenters. The minimum absolute atomic E-state index is 0.590. The van der Waals surface area contributed by atoms with E-state index in [-0.39, 0.29) is 0 Å². The van der Waals surface area contributed by atoms with Gasteiger partial charge in [-0.05, 0) is 37.1 Å². The average Bonchev–Trinajstić information content (AvgIpc) is 2.79. The van der Waals surface area contributed by atoms with E-state index < -0.39 is 0 Å². The number of benzene rings is 2. The molecule has 0 saturated carbocycles. The number of anilines is 2. The molecular weight excluding hydrogens is 362 g/mol. The van der Waals surface area contributed by atoms with Crippen LogP contribution in [0, 0.1) is 0 Å². The molecule has 0 aromatic heterocycles. The summed E-state index contributed by atoms with van der Waals surface area (Å²) >= 11 is 0. The maximum absolute atomic E-state index is 2.62. The molecule has 0 fully saturated rings. The maximum Gasteiger partial charge on any atom is 0.0413 e. The number of para-hydroxylation sites is 2. The number of rotatable bonds is 17. The third-order valence-corrected chi connectivity index (χ3v) is 6.22. The summed E-state index contributed by atoms with van der Waals surface area (Å²) in [4.78, 5) is 2.62. The molecule has 0 heterocycles. The zero-order chi connectivity index (χ0) is 21.3. The molecule has 0 spiro atoms. The van der Waals surface area contributed by atoms with Gasteiger partial charge in [0, 0.05) is 17.4 Å². The normalized spacial score (nSPS) is 12.1. The minimum atomic E-state index is 0.590.